The van der Waals surface area contributed by atoms with Gasteiger partial charge in [-0.25, -0.2) is 4.79 Å². The van der Waals surface area contributed by atoms with Gasteiger partial charge in [0.1, 0.15) is 0 Å². The largest absolute Gasteiger partial charge is 0.373 e. The van der Waals surface area contributed by atoms with Gasteiger partial charge in [-0.1, -0.05) is 0 Å². The molecule has 0 bridgehead atoms. The van der Waals surface area contributed by atoms with Crippen molar-refractivity contribution in [2.45, 2.75) is 32.6 Å². The second-order valence-corrected chi connectivity index (χ2v) is 6.51. The van der Waals surface area contributed by atoms with E-state index in [4.69, 9.17) is 4.74 Å². The Morgan fingerprint density at radius 1 is 1.48 bits per heavy atom. The van der Waals surface area contributed by atoms with Crippen LogP contribution in [0.15, 0.2) is 16.8 Å². The number of urea groups is 1. The zero-order chi connectivity index (χ0) is 15.2. The van der Waals surface area contributed by atoms with E-state index >= 15 is 0 Å². The molecule has 1 aromatic rings. The summed E-state index contributed by atoms with van der Waals surface area (Å²) in [4.78, 5) is 16.1. The third kappa shape index (κ3) is 5.30. The normalized spacial score (nSPS) is 23.0. The third-order valence-electron chi connectivity index (χ3n) is 3.62. The van der Waals surface area contributed by atoms with Crippen molar-refractivity contribution in [2.75, 3.05) is 33.2 Å². The predicted octanol–water partition coefficient (Wildman–Crippen LogP) is 2.00. The molecular weight excluding hydrogens is 286 g/mol. The maximum atomic E-state index is 12.0. The first-order valence-electron chi connectivity index (χ1n) is 7.42. The molecule has 0 aliphatic carbocycles. The first kappa shape index (κ1) is 16.3. The summed E-state index contributed by atoms with van der Waals surface area (Å²) in [7, 11) is 1.84. The Kier molecular flexibility index (Phi) is 6.02. The van der Waals surface area contributed by atoms with Crippen LogP contribution in [0.3, 0.4) is 0 Å². The number of nitrogens with one attached hydrogen (secondary N) is 1. The lowest BCUT2D eigenvalue weighted by Gasteiger charge is -2.36. The number of amides is 2. The summed E-state index contributed by atoms with van der Waals surface area (Å²) in [5.74, 6) is 0. The molecule has 1 aromatic heterocycles. The van der Waals surface area contributed by atoms with Crippen molar-refractivity contribution in [1.29, 1.82) is 0 Å². The zero-order valence-electron chi connectivity index (χ0n) is 13.0. The molecule has 2 atom stereocenters. The summed E-state index contributed by atoms with van der Waals surface area (Å²) < 4.78 is 5.72. The predicted molar refractivity (Wildman–Crippen MR) is 85.6 cm³/mol. The van der Waals surface area contributed by atoms with Gasteiger partial charge in [-0.15, -0.1) is 0 Å². The van der Waals surface area contributed by atoms with Crippen LogP contribution < -0.4 is 5.32 Å². The highest BCUT2D eigenvalue weighted by Gasteiger charge is 2.22. The number of rotatable bonds is 5. The lowest BCUT2D eigenvalue weighted by atomic mass is 10.2. The molecule has 6 heteroatoms. The van der Waals surface area contributed by atoms with Gasteiger partial charge in [0.25, 0.3) is 0 Å². The highest BCUT2D eigenvalue weighted by molar-refractivity contribution is 7.07. The van der Waals surface area contributed by atoms with Crippen molar-refractivity contribution < 1.29 is 9.53 Å². The molecule has 0 saturated carbocycles. The van der Waals surface area contributed by atoms with Crippen LogP contribution in [0, 0.1) is 0 Å². The van der Waals surface area contributed by atoms with Crippen LogP contribution in [0.2, 0.25) is 0 Å². The standard InChI is InChI=1S/C15H25N3O2S/c1-12-9-18(10-13(2)20-12)6-5-17(3)15(19)16-8-14-4-7-21-11-14/h4,7,11-13H,5-6,8-10H2,1-3H3,(H,16,19)/t12-,13+. The van der Waals surface area contributed by atoms with Crippen molar-refractivity contribution in [1.82, 2.24) is 15.1 Å². The molecule has 2 rings (SSSR count). The minimum absolute atomic E-state index is 0.0180. The molecule has 0 unspecified atom stereocenters. The molecule has 1 aliphatic heterocycles. The Bertz CT molecular complexity index is 428. The van der Waals surface area contributed by atoms with Crippen LogP contribution >= 0.6 is 11.3 Å². The molecule has 1 aliphatic rings. The van der Waals surface area contributed by atoms with Gasteiger partial charge in [0, 0.05) is 39.8 Å². The van der Waals surface area contributed by atoms with Crippen LogP contribution in [-0.4, -0.2) is 61.3 Å². The number of hydrogen-bond acceptors (Lipinski definition) is 4. The Labute approximate surface area is 130 Å². The fraction of sp³-hybridized carbons (Fsp3) is 0.667. The average Bonchev–Trinajstić information content (AvgIpc) is 2.94. The number of morpholine rings is 1. The van der Waals surface area contributed by atoms with Crippen LogP contribution in [0.1, 0.15) is 19.4 Å². The second kappa shape index (κ2) is 7.77. The summed E-state index contributed by atoms with van der Waals surface area (Å²) in [5.41, 5.74) is 1.15. The average molecular weight is 311 g/mol. The third-order valence-corrected chi connectivity index (χ3v) is 4.35. The van der Waals surface area contributed by atoms with E-state index in [0.29, 0.717) is 6.54 Å². The molecule has 0 spiro atoms. The van der Waals surface area contributed by atoms with Crippen molar-refractivity contribution in [2.24, 2.45) is 0 Å². The molecule has 0 aromatic carbocycles. The number of ether oxygens (including phenoxy) is 1. The van der Waals surface area contributed by atoms with E-state index in [2.05, 4.69) is 29.4 Å². The lowest BCUT2D eigenvalue weighted by molar-refractivity contribution is -0.0684. The molecular formula is C15H25N3O2S. The summed E-state index contributed by atoms with van der Waals surface area (Å²) in [6.07, 6.45) is 0.540. The molecule has 1 N–H and O–H groups in total. The van der Waals surface area contributed by atoms with E-state index in [1.54, 1.807) is 16.2 Å². The molecule has 118 valence electrons. The number of likely N-dealkylation sites (N-methyl/N-ethyl adjacent to an activating group) is 1. The van der Waals surface area contributed by atoms with Crippen LogP contribution in [0.4, 0.5) is 4.79 Å². The summed E-state index contributed by atoms with van der Waals surface area (Å²) in [6.45, 7) is 8.29. The Balaban J connectivity index is 1.68. The molecule has 5 nitrogen and oxygen atoms in total. The van der Waals surface area contributed by atoms with Crippen molar-refractivity contribution in [3.05, 3.63) is 22.4 Å². The van der Waals surface area contributed by atoms with Gasteiger partial charge in [0.05, 0.1) is 12.2 Å². The molecule has 0 radical (unpaired) electrons. The fourth-order valence-electron chi connectivity index (χ4n) is 2.57. The quantitative estimate of drug-likeness (QED) is 0.904. The monoisotopic (exact) mass is 311 g/mol. The highest BCUT2D eigenvalue weighted by Crippen LogP contribution is 2.10. The highest BCUT2D eigenvalue weighted by atomic mass is 32.1. The van der Waals surface area contributed by atoms with Crippen molar-refractivity contribution >= 4 is 17.4 Å². The number of carbonyl (C=O) groups excluding carboxylic acids is 1. The van der Waals surface area contributed by atoms with E-state index in [0.717, 1.165) is 31.7 Å². The first-order chi connectivity index (χ1) is 10.0. The molecule has 1 saturated heterocycles. The number of carbonyl (C=O) groups is 1. The van der Waals surface area contributed by atoms with E-state index in [1.165, 1.54) is 0 Å². The first-order valence-corrected chi connectivity index (χ1v) is 8.36. The SMILES string of the molecule is C[C@@H]1CN(CCN(C)C(=O)NCc2ccsc2)C[C@H](C)O1. The van der Waals surface area contributed by atoms with Gasteiger partial charge in [-0.2, -0.15) is 11.3 Å². The van der Waals surface area contributed by atoms with Gasteiger partial charge in [-0.3, -0.25) is 4.90 Å². The van der Waals surface area contributed by atoms with E-state index < -0.39 is 0 Å². The summed E-state index contributed by atoms with van der Waals surface area (Å²) >= 11 is 1.65. The smallest absolute Gasteiger partial charge is 0.317 e. The van der Waals surface area contributed by atoms with Gasteiger partial charge >= 0.3 is 6.03 Å². The zero-order valence-corrected chi connectivity index (χ0v) is 13.9. The second-order valence-electron chi connectivity index (χ2n) is 5.73. The van der Waals surface area contributed by atoms with Gasteiger partial charge in [-0.05, 0) is 36.2 Å². The Morgan fingerprint density at radius 3 is 2.81 bits per heavy atom. The van der Waals surface area contributed by atoms with Gasteiger partial charge in [0.2, 0.25) is 0 Å². The lowest BCUT2D eigenvalue weighted by Crippen LogP contribution is -2.48. The topological polar surface area (TPSA) is 44.8 Å². The van der Waals surface area contributed by atoms with E-state index in [9.17, 15) is 4.79 Å². The maximum absolute atomic E-state index is 12.0. The minimum Gasteiger partial charge on any atom is -0.373 e. The molecule has 2 amide bonds. The Morgan fingerprint density at radius 2 is 2.19 bits per heavy atom. The summed E-state index contributed by atoms with van der Waals surface area (Å²) in [5, 5.41) is 7.01. The van der Waals surface area contributed by atoms with Crippen LogP contribution in [0.25, 0.3) is 0 Å². The minimum atomic E-state index is -0.0180. The maximum Gasteiger partial charge on any atom is 0.317 e. The van der Waals surface area contributed by atoms with E-state index in [1.807, 2.05) is 18.5 Å². The number of hydrogen-bond donors (Lipinski definition) is 1. The fourth-order valence-corrected chi connectivity index (χ4v) is 3.23. The molecule has 2 heterocycles. The van der Waals surface area contributed by atoms with E-state index in [-0.39, 0.29) is 18.2 Å². The molecule has 21 heavy (non-hydrogen) atoms. The summed E-state index contributed by atoms with van der Waals surface area (Å²) in [6, 6.07) is 2.01. The van der Waals surface area contributed by atoms with Crippen LogP contribution in [0.5, 0.6) is 0 Å². The van der Waals surface area contributed by atoms with Gasteiger partial charge in [0.15, 0.2) is 0 Å². The van der Waals surface area contributed by atoms with Crippen molar-refractivity contribution in [3.63, 3.8) is 0 Å². The van der Waals surface area contributed by atoms with Gasteiger partial charge < -0.3 is 15.0 Å². The number of nitrogens with zero attached hydrogens (tertiary/aromatic N) is 2. The Hall–Kier alpha value is -1.11. The van der Waals surface area contributed by atoms with Crippen molar-refractivity contribution in [3.8, 4) is 0 Å². The molecule has 1 fully saturated rings. The van der Waals surface area contributed by atoms with Crippen LogP contribution in [-0.2, 0) is 11.3 Å². The number of thiophene rings is 1.